The second kappa shape index (κ2) is 10.2. The van der Waals surface area contributed by atoms with Crippen LogP contribution in [0.3, 0.4) is 0 Å². The molecular formula is C23H32N8O2S. The Labute approximate surface area is 202 Å². The summed E-state index contributed by atoms with van der Waals surface area (Å²) in [6, 6.07) is 4.74. The van der Waals surface area contributed by atoms with Gasteiger partial charge in [-0.25, -0.2) is 4.98 Å². The van der Waals surface area contributed by atoms with E-state index in [0.717, 1.165) is 53.2 Å². The van der Waals surface area contributed by atoms with E-state index in [2.05, 4.69) is 31.0 Å². The first-order chi connectivity index (χ1) is 16.6. The highest BCUT2D eigenvalue weighted by Gasteiger charge is 2.40. The van der Waals surface area contributed by atoms with Gasteiger partial charge in [0.1, 0.15) is 10.6 Å². The fourth-order valence-corrected chi connectivity index (χ4v) is 5.93. The van der Waals surface area contributed by atoms with Gasteiger partial charge in [0.05, 0.1) is 18.5 Å². The van der Waals surface area contributed by atoms with Crippen LogP contribution in [-0.2, 0) is 9.53 Å². The number of anilines is 3. The van der Waals surface area contributed by atoms with E-state index >= 15 is 0 Å². The number of aromatic amines is 1. The van der Waals surface area contributed by atoms with Gasteiger partial charge in [-0.05, 0) is 50.5 Å². The number of nitrogens with zero attached hydrogens (tertiary/aromatic N) is 4. The molecule has 0 saturated carbocycles. The summed E-state index contributed by atoms with van der Waals surface area (Å²) in [5, 5.41) is 20.4. The lowest BCUT2D eigenvalue weighted by atomic mass is 9.81. The van der Waals surface area contributed by atoms with Crippen LogP contribution in [0.5, 0.6) is 0 Å². The van der Waals surface area contributed by atoms with E-state index in [0.29, 0.717) is 25.6 Å². The molecule has 2 fully saturated rings. The van der Waals surface area contributed by atoms with Crippen molar-refractivity contribution in [2.75, 3.05) is 37.4 Å². The zero-order valence-electron chi connectivity index (χ0n) is 19.6. The van der Waals surface area contributed by atoms with E-state index < -0.39 is 0 Å². The van der Waals surface area contributed by atoms with Gasteiger partial charge in [-0.1, -0.05) is 0 Å². The van der Waals surface area contributed by atoms with Crippen LogP contribution in [0.1, 0.15) is 37.8 Å². The number of carbonyl (C=O) groups is 1. The van der Waals surface area contributed by atoms with Crippen molar-refractivity contribution in [2.45, 2.75) is 57.2 Å². The molecule has 2 bridgehead atoms. The van der Waals surface area contributed by atoms with Crippen molar-refractivity contribution >= 4 is 45.0 Å². The summed E-state index contributed by atoms with van der Waals surface area (Å²) in [5.74, 6) is 2.29. The van der Waals surface area contributed by atoms with Gasteiger partial charge in [0.2, 0.25) is 11.9 Å². The fraction of sp³-hybridized carbons (Fsp3) is 0.565. The molecule has 5 rings (SSSR count). The molecule has 3 aromatic rings. The van der Waals surface area contributed by atoms with Crippen molar-refractivity contribution in [2.24, 2.45) is 0 Å². The van der Waals surface area contributed by atoms with Crippen LogP contribution in [0.2, 0.25) is 0 Å². The van der Waals surface area contributed by atoms with E-state index in [9.17, 15) is 4.79 Å². The van der Waals surface area contributed by atoms with E-state index in [1.807, 2.05) is 24.4 Å². The fourth-order valence-electron chi connectivity index (χ4n) is 5.17. The number of hydrogen-bond acceptors (Lipinski definition) is 9. The molecule has 2 aliphatic heterocycles. The molecule has 34 heavy (non-hydrogen) atoms. The van der Waals surface area contributed by atoms with Crippen molar-refractivity contribution < 1.29 is 9.53 Å². The normalized spacial score (nSPS) is 22.2. The van der Waals surface area contributed by atoms with Gasteiger partial charge in [-0.15, -0.1) is 11.3 Å². The third-order valence-electron chi connectivity index (χ3n) is 6.63. The van der Waals surface area contributed by atoms with E-state index in [1.165, 1.54) is 6.42 Å². The molecule has 0 aromatic carbocycles. The molecule has 1 unspecified atom stereocenters. The standard InChI is InChI=1S/C23H32N8O2S/c1-14-10-19(30-29-14)26-21-18-6-9-34-22(18)28-23(27-21)25-15-11-16-4-3-5-17(12-15)31(16)20(32)13-24-7-8-33-2/h6,9-10,15-17,24H,3-5,7-8,11-13H2,1-2H3,(H3,25,26,27,28,29,30)/t15?,16-,17+. The summed E-state index contributed by atoms with van der Waals surface area (Å²) in [6.07, 6.45) is 5.10. The Kier molecular flexibility index (Phi) is 6.93. The van der Waals surface area contributed by atoms with Crippen molar-refractivity contribution in [1.29, 1.82) is 0 Å². The van der Waals surface area contributed by atoms with Crippen LogP contribution in [0.15, 0.2) is 17.5 Å². The average Bonchev–Trinajstić information content (AvgIpc) is 3.45. The molecule has 2 saturated heterocycles. The van der Waals surface area contributed by atoms with Gasteiger partial charge in [0.25, 0.3) is 0 Å². The Morgan fingerprint density at radius 1 is 1.29 bits per heavy atom. The van der Waals surface area contributed by atoms with Gasteiger partial charge in [-0.2, -0.15) is 10.1 Å². The molecule has 4 N–H and O–H groups in total. The predicted molar refractivity (Wildman–Crippen MR) is 134 cm³/mol. The largest absolute Gasteiger partial charge is 0.383 e. The maximum Gasteiger partial charge on any atom is 0.237 e. The molecular weight excluding hydrogens is 452 g/mol. The lowest BCUT2D eigenvalue weighted by molar-refractivity contribution is -0.139. The van der Waals surface area contributed by atoms with E-state index in [4.69, 9.17) is 14.7 Å². The number of thiophene rings is 1. The number of carbonyl (C=O) groups excluding carboxylic acids is 1. The number of H-pyrrole nitrogens is 1. The van der Waals surface area contributed by atoms with E-state index in [-0.39, 0.29) is 24.0 Å². The number of rotatable bonds is 9. The second-order valence-corrected chi connectivity index (χ2v) is 10.0. The van der Waals surface area contributed by atoms with Gasteiger partial charge in [-0.3, -0.25) is 9.89 Å². The number of piperidine rings is 2. The zero-order chi connectivity index (χ0) is 23.5. The molecule has 3 atom stereocenters. The summed E-state index contributed by atoms with van der Waals surface area (Å²) in [5.41, 5.74) is 0.984. The Balaban J connectivity index is 1.28. The minimum absolute atomic E-state index is 0.196. The van der Waals surface area contributed by atoms with Crippen molar-refractivity contribution in [3.63, 3.8) is 0 Å². The highest BCUT2D eigenvalue weighted by molar-refractivity contribution is 7.16. The summed E-state index contributed by atoms with van der Waals surface area (Å²) in [6.45, 7) is 3.63. The monoisotopic (exact) mass is 484 g/mol. The molecule has 11 heteroatoms. The number of hydrogen-bond donors (Lipinski definition) is 4. The zero-order valence-corrected chi connectivity index (χ0v) is 20.5. The highest BCUT2D eigenvalue weighted by Crippen LogP contribution is 2.36. The lowest BCUT2D eigenvalue weighted by Gasteiger charge is -2.49. The minimum atomic E-state index is 0.196. The molecule has 3 aromatic heterocycles. The molecule has 1 amide bonds. The molecule has 10 nitrogen and oxygen atoms in total. The maximum absolute atomic E-state index is 12.9. The first-order valence-electron chi connectivity index (χ1n) is 11.9. The number of aryl methyl sites for hydroxylation is 1. The molecule has 5 heterocycles. The predicted octanol–water partition coefficient (Wildman–Crippen LogP) is 3.03. The molecule has 182 valence electrons. The van der Waals surface area contributed by atoms with Crippen LogP contribution in [0.4, 0.5) is 17.6 Å². The van der Waals surface area contributed by atoms with Crippen molar-refractivity contribution in [1.82, 2.24) is 30.4 Å². The van der Waals surface area contributed by atoms with Crippen LogP contribution < -0.4 is 16.0 Å². The smallest absolute Gasteiger partial charge is 0.237 e. The van der Waals surface area contributed by atoms with Crippen LogP contribution in [0, 0.1) is 6.92 Å². The first-order valence-corrected chi connectivity index (χ1v) is 12.8. The number of ether oxygens (including phenoxy) is 1. The van der Waals surface area contributed by atoms with Crippen LogP contribution in [-0.4, -0.2) is 75.9 Å². The molecule has 2 aliphatic rings. The minimum Gasteiger partial charge on any atom is -0.383 e. The Morgan fingerprint density at radius 2 is 2.12 bits per heavy atom. The third-order valence-corrected chi connectivity index (χ3v) is 7.44. The van der Waals surface area contributed by atoms with Crippen LogP contribution in [0.25, 0.3) is 10.2 Å². The number of nitrogens with one attached hydrogen (secondary N) is 4. The second-order valence-electron chi connectivity index (χ2n) is 9.12. The summed E-state index contributed by atoms with van der Waals surface area (Å²) >= 11 is 1.60. The summed E-state index contributed by atoms with van der Waals surface area (Å²) < 4.78 is 5.06. The average molecular weight is 485 g/mol. The number of aromatic nitrogens is 4. The third kappa shape index (κ3) is 5.01. The summed E-state index contributed by atoms with van der Waals surface area (Å²) in [4.78, 5) is 25.6. The number of fused-ring (bicyclic) bond motifs is 3. The quantitative estimate of drug-likeness (QED) is 0.342. The topological polar surface area (TPSA) is 120 Å². The van der Waals surface area contributed by atoms with E-state index in [1.54, 1.807) is 18.4 Å². The first kappa shape index (κ1) is 23.0. The van der Waals surface area contributed by atoms with Gasteiger partial charge < -0.3 is 25.6 Å². The van der Waals surface area contributed by atoms with Gasteiger partial charge in [0.15, 0.2) is 5.82 Å². The lowest BCUT2D eigenvalue weighted by Crippen LogP contribution is -2.58. The van der Waals surface area contributed by atoms with Crippen LogP contribution >= 0.6 is 11.3 Å². The van der Waals surface area contributed by atoms with Crippen molar-refractivity contribution in [3.8, 4) is 0 Å². The number of amides is 1. The maximum atomic E-state index is 12.9. The number of methoxy groups -OCH3 is 1. The Morgan fingerprint density at radius 3 is 2.85 bits per heavy atom. The summed E-state index contributed by atoms with van der Waals surface area (Å²) in [7, 11) is 1.67. The SMILES string of the molecule is COCCNCC(=O)N1[C@@H]2CCC[C@H]1CC(Nc1nc(Nc3cc(C)[nH]n3)c3ccsc3n1)C2. The Bertz CT molecular complexity index is 1120. The molecule has 0 radical (unpaired) electrons. The van der Waals surface area contributed by atoms with Crippen molar-refractivity contribution in [3.05, 3.63) is 23.2 Å². The van der Waals surface area contributed by atoms with Gasteiger partial charge >= 0.3 is 0 Å². The highest BCUT2D eigenvalue weighted by atomic mass is 32.1. The Hall–Kier alpha value is -2.76. The molecule has 0 aliphatic carbocycles. The van der Waals surface area contributed by atoms with Gasteiger partial charge in [0, 0.05) is 43.5 Å². The molecule has 0 spiro atoms.